The van der Waals surface area contributed by atoms with Gasteiger partial charge in [0, 0.05) is 0 Å². The summed E-state index contributed by atoms with van der Waals surface area (Å²) >= 11 is 0. The molecule has 0 amide bonds. The highest BCUT2D eigenvalue weighted by molar-refractivity contribution is 5.16. The van der Waals surface area contributed by atoms with E-state index in [4.69, 9.17) is 0 Å². The summed E-state index contributed by atoms with van der Waals surface area (Å²) in [7, 11) is 0. The van der Waals surface area contributed by atoms with Crippen molar-refractivity contribution in [3.05, 3.63) is 287 Å². The lowest BCUT2D eigenvalue weighted by atomic mass is 10.2. The van der Waals surface area contributed by atoms with Crippen molar-refractivity contribution in [2.45, 2.75) is 55.4 Å². The first kappa shape index (κ1) is 50.7. The molecule has 0 heterocycles. The van der Waals surface area contributed by atoms with Gasteiger partial charge >= 0.3 is 0 Å². The van der Waals surface area contributed by atoms with Crippen LogP contribution < -0.4 is 0 Å². The maximum Gasteiger partial charge on any atom is -0.0398 e. The molecule has 8 aromatic carbocycles. The Morgan fingerprint density at radius 1 is 0.140 bits per heavy atom. The first-order valence-electron chi connectivity index (χ1n) is 19.3. The van der Waals surface area contributed by atoms with Crippen LogP contribution in [0.15, 0.2) is 243 Å². The van der Waals surface area contributed by atoms with Gasteiger partial charge in [-0.05, 0) is 55.4 Å². The first-order valence-corrected chi connectivity index (χ1v) is 19.3. The molecule has 8 rings (SSSR count). The van der Waals surface area contributed by atoms with Crippen LogP contribution in [0.25, 0.3) is 0 Å². The highest BCUT2D eigenvalue weighted by Crippen LogP contribution is 1.96. The van der Waals surface area contributed by atoms with E-state index in [1.807, 2.05) is 146 Å². The van der Waals surface area contributed by atoms with Gasteiger partial charge in [-0.1, -0.05) is 287 Å². The predicted molar refractivity (Wildman–Crippen MR) is 253 cm³/mol. The second-order valence-electron chi connectivity index (χ2n) is 13.2. The van der Waals surface area contributed by atoms with Crippen molar-refractivity contribution in [2.24, 2.45) is 0 Å². The third-order valence-electron chi connectivity index (χ3n) is 7.52. The van der Waals surface area contributed by atoms with E-state index in [0.29, 0.717) is 0 Å². The van der Waals surface area contributed by atoms with Gasteiger partial charge in [-0.15, -0.1) is 0 Å². The largest absolute Gasteiger partial charge is 0.412 e. The molecule has 8 aromatic rings. The quantitative estimate of drug-likeness (QED) is 0.148. The normalized spacial score (nSPS) is 8.56. The molecule has 57 heavy (non-hydrogen) atoms. The van der Waals surface area contributed by atoms with Crippen LogP contribution in [0.4, 0.5) is 0 Å². The monoisotopic (exact) mass is 755 g/mol. The fourth-order valence-electron chi connectivity index (χ4n) is 4.28. The lowest BCUT2D eigenvalue weighted by molar-refractivity contribution is 0.824. The zero-order valence-corrected chi connectivity index (χ0v) is 35.6. The van der Waals surface area contributed by atoms with Gasteiger partial charge in [0.15, 0.2) is 0 Å². The smallest absolute Gasteiger partial charge is 0.0398 e. The predicted octanol–water partition coefficient (Wildman–Crippen LogP) is 15.1. The fourth-order valence-corrected chi connectivity index (χ4v) is 4.28. The van der Waals surface area contributed by atoms with Crippen molar-refractivity contribution < 1.29 is 5.48 Å². The average Bonchev–Trinajstić information content (AvgIpc) is 3.22. The number of rotatable bonds is 0. The first-order chi connectivity index (χ1) is 27.2. The number of hydrogen-bond acceptors (Lipinski definition) is 0. The number of hydrogen-bond donors (Lipinski definition) is 0. The van der Waals surface area contributed by atoms with Crippen LogP contribution in [0.2, 0.25) is 0 Å². The third-order valence-corrected chi connectivity index (χ3v) is 7.52. The zero-order chi connectivity index (χ0) is 40.9. The molecule has 0 aliphatic heterocycles. The molecular formula is C56H66O. The Hall–Kier alpha value is -6.28. The number of benzene rings is 8. The van der Waals surface area contributed by atoms with Crippen molar-refractivity contribution in [3.63, 3.8) is 0 Å². The molecule has 0 radical (unpaired) electrons. The Bertz CT molecular complexity index is 1500. The molecule has 0 aliphatic carbocycles. The molecule has 0 aliphatic rings. The van der Waals surface area contributed by atoms with Crippen LogP contribution in [-0.4, -0.2) is 5.48 Å². The summed E-state index contributed by atoms with van der Waals surface area (Å²) in [5, 5.41) is 0. The second kappa shape index (κ2) is 35.4. The summed E-state index contributed by atoms with van der Waals surface area (Å²) < 4.78 is 0. The summed E-state index contributed by atoms with van der Waals surface area (Å²) in [6.07, 6.45) is 0. The Labute approximate surface area is 346 Å². The van der Waals surface area contributed by atoms with Crippen LogP contribution in [-0.2, 0) is 0 Å². The minimum Gasteiger partial charge on any atom is -0.412 e. The van der Waals surface area contributed by atoms with E-state index in [1.54, 1.807) is 0 Å². The fraction of sp³-hybridized carbons (Fsp3) is 0.143. The van der Waals surface area contributed by atoms with Crippen LogP contribution in [0.3, 0.4) is 0 Å². The van der Waals surface area contributed by atoms with Crippen LogP contribution in [0.1, 0.15) is 44.5 Å². The number of aryl methyl sites for hydroxylation is 8. The molecule has 0 fully saturated rings. The maximum atomic E-state index is 2.08. The summed E-state index contributed by atoms with van der Waals surface area (Å²) in [4.78, 5) is 0. The van der Waals surface area contributed by atoms with Gasteiger partial charge in [-0.2, -0.15) is 0 Å². The van der Waals surface area contributed by atoms with E-state index in [1.165, 1.54) is 44.5 Å². The molecule has 0 bridgehead atoms. The lowest BCUT2D eigenvalue weighted by Crippen LogP contribution is -1.62. The van der Waals surface area contributed by atoms with E-state index < -0.39 is 0 Å². The van der Waals surface area contributed by atoms with E-state index in [9.17, 15) is 0 Å². The Kier molecular flexibility index (Phi) is 31.5. The molecule has 0 aromatic heterocycles. The van der Waals surface area contributed by atoms with Gasteiger partial charge in [0.2, 0.25) is 0 Å². The van der Waals surface area contributed by atoms with E-state index in [0.717, 1.165) is 0 Å². The minimum absolute atomic E-state index is 0. The average molecular weight is 755 g/mol. The van der Waals surface area contributed by atoms with Gasteiger partial charge in [0.05, 0.1) is 0 Å². The van der Waals surface area contributed by atoms with Gasteiger partial charge in [-0.25, -0.2) is 0 Å². The van der Waals surface area contributed by atoms with Crippen molar-refractivity contribution in [1.82, 2.24) is 0 Å². The molecule has 0 spiro atoms. The van der Waals surface area contributed by atoms with Gasteiger partial charge in [-0.3, -0.25) is 0 Å². The Morgan fingerprint density at radius 2 is 0.211 bits per heavy atom. The van der Waals surface area contributed by atoms with Crippen LogP contribution >= 0.6 is 0 Å². The standard InChI is InChI=1S/8C7H8.H2O/c8*1-7-5-3-2-4-6-7;/h8*2-6H,1H3;1H2. The summed E-state index contributed by atoms with van der Waals surface area (Å²) in [5.74, 6) is 0. The SMILES string of the molecule is Cc1ccccc1.Cc1ccccc1.Cc1ccccc1.Cc1ccccc1.Cc1ccccc1.Cc1ccccc1.Cc1ccccc1.Cc1ccccc1.O. The molecule has 1 heteroatoms. The molecule has 2 N–H and O–H groups in total. The van der Waals surface area contributed by atoms with Crippen LogP contribution in [0, 0.1) is 55.4 Å². The molecular weight excluding hydrogens is 689 g/mol. The van der Waals surface area contributed by atoms with Crippen molar-refractivity contribution >= 4 is 0 Å². The molecule has 0 saturated carbocycles. The van der Waals surface area contributed by atoms with Crippen molar-refractivity contribution in [3.8, 4) is 0 Å². The summed E-state index contributed by atoms with van der Waals surface area (Å²) in [6.45, 7) is 16.7. The molecule has 0 atom stereocenters. The van der Waals surface area contributed by atoms with E-state index in [2.05, 4.69) is 152 Å². The highest BCUT2D eigenvalue weighted by Gasteiger charge is 1.76. The maximum absolute atomic E-state index is 2.08. The summed E-state index contributed by atoms with van der Waals surface area (Å²) in [5.41, 5.74) is 10.6. The van der Waals surface area contributed by atoms with E-state index >= 15 is 0 Å². The highest BCUT2D eigenvalue weighted by atomic mass is 16.0. The Morgan fingerprint density at radius 3 is 0.246 bits per heavy atom. The Balaban J connectivity index is 0.000000627. The zero-order valence-electron chi connectivity index (χ0n) is 35.6. The molecule has 0 saturated heterocycles. The second-order valence-corrected chi connectivity index (χ2v) is 13.2. The van der Waals surface area contributed by atoms with E-state index in [-0.39, 0.29) is 5.48 Å². The molecule has 0 unspecified atom stereocenters. The van der Waals surface area contributed by atoms with Gasteiger partial charge in [0.1, 0.15) is 0 Å². The third kappa shape index (κ3) is 34.0. The lowest BCUT2D eigenvalue weighted by Gasteiger charge is -1.82. The van der Waals surface area contributed by atoms with Crippen molar-refractivity contribution in [1.29, 1.82) is 0 Å². The van der Waals surface area contributed by atoms with Gasteiger partial charge in [0.25, 0.3) is 0 Å². The minimum atomic E-state index is 0. The topological polar surface area (TPSA) is 31.5 Å². The van der Waals surface area contributed by atoms with Crippen molar-refractivity contribution in [2.75, 3.05) is 0 Å². The molecule has 296 valence electrons. The summed E-state index contributed by atoms with van der Waals surface area (Å²) in [6, 6.07) is 82.1. The van der Waals surface area contributed by atoms with Crippen LogP contribution in [0.5, 0.6) is 0 Å². The molecule has 1 nitrogen and oxygen atoms in total. The van der Waals surface area contributed by atoms with Gasteiger partial charge < -0.3 is 5.48 Å².